The van der Waals surface area contributed by atoms with Crippen molar-refractivity contribution in [2.75, 3.05) is 19.5 Å². The molecule has 0 fully saturated rings. The molecule has 0 aliphatic heterocycles. The third-order valence-electron chi connectivity index (χ3n) is 2.96. The van der Waals surface area contributed by atoms with E-state index < -0.39 is 0 Å². The molecule has 0 bridgehead atoms. The van der Waals surface area contributed by atoms with Gasteiger partial charge in [0.1, 0.15) is 5.75 Å². The number of methoxy groups -OCH3 is 2. The smallest absolute Gasteiger partial charge is 0.228 e. The fourth-order valence-electron chi connectivity index (χ4n) is 1.93. The van der Waals surface area contributed by atoms with Crippen molar-refractivity contribution >= 4 is 11.6 Å². The minimum atomic E-state index is -0.145. The summed E-state index contributed by atoms with van der Waals surface area (Å²) in [6.45, 7) is 0. The van der Waals surface area contributed by atoms with Crippen LogP contribution in [0.15, 0.2) is 42.5 Å². The van der Waals surface area contributed by atoms with Crippen LogP contribution >= 0.6 is 0 Å². The Morgan fingerprint density at radius 3 is 2.33 bits per heavy atom. The summed E-state index contributed by atoms with van der Waals surface area (Å²) >= 11 is 0. The standard InChI is InChI=1S/C16H17NO4/c1-20-14-8-3-11(9-15(14)21-2)10-16(19)17-12-4-6-13(18)7-5-12/h3-9,18H,10H2,1-2H3,(H,17,19). The van der Waals surface area contributed by atoms with Gasteiger partial charge >= 0.3 is 0 Å². The molecule has 2 aromatic carbocycles. The Kier molecular flexibility index (Phi) is 4.66. The van der Waals surface area contributed by atoms with Gasteiger partial charge < -0.3 is 19.9 Å². The van der Waals surface area contributed by atoms with Crippen molar-refractivity contribution in [3.05, 3.63) is 48.0 Å². The third kappa shape index (κ3) is 3.89. The van der Waals surface area contributed by atoms with Crippen LogP contribution in [0.2, 0.25) is 0 Å². The molecule has 0 heterocycles. The molecule has 0 atom stereocenters. The van der Waals surface area contributed by atoms with E-state index >= 15 is 0 Å². The molecular formula is C16H17NO4. The topological polar surface area (TPSA) is 67.8 Å². The van der Waals surface area contributed by atoms with Gasteiger partial charge in [0, 0.05) is 5.69 Å². The molecule has 2 aromatic rings. The number of ether oxygens (including phenoxy) is 2. The first-order chi connectivity index (χ1) is 10.1. The first-order valence-corrected chi connectivity index (χ1v) is 6.42. The lowest BCUT2D eigenvalue weighted by Crippen LogP contribution is -2.14. The molecule has 2 rings (SSSR count). The number of rotatable bonds is 5. The van der Waals surface area contributed by atoms with E-state index in [9.17, 15) is 9.90 Å². The van der Waals surface area contributed by atoms with Gasteiger partial charge in [0.15, 0.2) is 11.5 Å². The van der Waals surface area contributed by atoms with E-state index in [4.69, 9.17) is 9.47 Å². The Balaban J connectivity index is 2.04. The molecule has 0 radical (unpaired) electrons. The summed E-state index contributed by atoms with van der Waals surface area (Å²) in [6, 6.07) is 11.7. The molecule has 0 saturated heterocycles. The van der Waals surface area contributed by atoms with E-state index in [1.165, 1.54) is 12.1 Å². The number of hydrogen-bond acceptors (Lipinski definition) is 4. The molecule has 1 amide bonds. The number of carbonyl (C=O) groups is 1. The van der Waals surface area contributed by atoms with Crippen LogP contribution in [0.25, 0.3) is 0 Å². The lowest BCUT2D eigenvalue weighted by atomic mass is 10.1. The zero-order valence-corrected chi connectivity index (χ0v) is 11.9. The van der Waals surface area contributed by atoms with E-state index in [0.29, 0.717) is 17.2 Å². The first kappa shape index (κ1) is 14.7. The van der Waals surface area contributed by atoms with Crippen molar-refractivity contribution in [2.45, 2.75) is 6.42 Å². The fraction of sp³-hybridized carbons (Fsp3) is 0.188. The molecular weight excluding hydrogens is 270 g/mol. The second-order valence-corrected chi connectivity index (χ2v) is 4.46. The highest BCUT2D eigenvalue weighted by Crippen LogP contribution is 2.27. The van der Waals surface area contributed by atoms with Gasteiger partial charge in [0.05, 0.1) is 20.6 Å². The molecule has 21 heavy (non-hydrogen) atoms. The monoisotopic (exact) mass is 287 g/mol. The van der Waals surface area contributed by atoms with Gasteiger partial charge in [0.2, 0.25) is 5.91 Å². The zero-order chi connectivity index (χ0) is 15.2. The average molecular weight is 287 g/mol. The highest BCUT2D eigenvalue weighted by atomic mass is 16.5. The van der Waals surface area contributed by atoms with Crippen molar-refractivity contribution in [1.82, 2.24) is 0 Å². The summed E-state index contributed by atoms with van der Waals surface area (Å²) in [5.74, 6) is 1.23. The lowest BCUT2D eigenvalue weighted by molar-refractivity contribution is -0.115. The zero-order valence-electron chi connectivity index (χ0n) is 11.9. The number of amides is 1. The number of phenolic OH excluding ortho intramolecular Hbond substituents is 1. The Hall–Kier alpha value is -2.69. The number of aromatic hydroxyl groups is 1. The number of carbonyl (C=O) groups excluding carboxylic acids is 1. The van der Waals surface area contributed by atoms with Crippen LogP contribution < -0.4 is 14.8 Å². The minimum Gasteiger partial charge on any atom is -0.508 e. The quantitative estimate of drug-likeness (QED) is 0.829. The van der Waals surface area contributed by atoms with E-state index in [0.717, 1.165) is 5.56 Å². The number of benzene rings is 2. The molecule has 5 nitrogen and oxygen atoms in total. The van der Waals surface area contributed by atoms with Crippen LogP contribution in [0.4, 0.5) is 5.69 Å². The summed E-state index contributed by atoms with van der Waals surface area (Å²) < 4.78 is 10.4. The summed E-state index contributed by atoms with van der Waals surface area (Å²) in [5, 5.41) is 12.0. The molecule has 0 aliphatic carbocycles. The van der Waals surface area contributed by atoms with Crippen molar-refractivity contribution in [2.24, 2.45) is 0 Å². The van der Waals surface area contributed by atoms with Gasteiger partial charge in [0.25, 0.3) is 0 Å². The normalized spacial score (nSPS) is 10.0. The van der Waals surface area contributed by atoms with Gasteiger partial charge in [-0.1, -0.05) is 6.07 Å². The van der Waals surface area contributed by atoms with Crippen LogP contribution in [0.1, 0.15) is 5.56 Å². The summed E-state index contributed by atoms with van der Waals surface area (Å²) in [6.07, 6.45) is 0.223. The van der Waals surface area contributed by atoms with E-state index in [1.54, 1.807) is 38.5 Å². The molecule has 0 saturated carbocycles. The minimum absolute atomic E-state index is 0.145. The first-order valence-electron chi connectivity index (χ1n) is 6.42. The van der Waals surface area contributed by atoms with Gasteiger partial charge in [-0.2, -0.15) is 0 Å². The van der Waals surface area contributed by atoms with Crippen LogP contribution in [0.3, 0.4) is 0 Å². The molecule has 2 N–H and O–H groups in total. The predicted octanol–water partition coefficient (Wildman–Crippen LogP) is 2.59. The van der Waals surface area contributed by atoms with Gasteiger partial charge in [-0.25, -0.2) is 0 Å². The number of hydrogen-bond donors (Lipinski definition) is 2. The van der Waals surface area contributed by atoms with E-state index in [1.807, 2.05) is 6.07 Å². The maximum atomic E-state index is 12.0. The maximum absolute atomic E-state index is 12.0. The van der Waals surface area contributed by atoms with Crippen molar-refractivity contribution in [3.8, 4) is 17.2 Å². The average Bonchev–Trinajstić information content (AvgIpc) is 2.49. The Labute approximate surface area is 123 Å². The number of nitrogens with one attached hydrogen (secondary N) is 1. The predicted molar refractivity (Wildman–Crippen MR) is 80.0 cm³/mol. The number of phenols is 1. The highest BCUT2D eigenvalue weighted by Gasteiger charge is 2.08. The van der Waals surface area contributed by atoms with Gasteiger partial charge in [-0.05, 0) is 42.0 Å². The van der Waals surface area contributed by atoms with Crippen LogP contribution in [0.5, 0.6) is 17.2 Å². The summed E-state index contributed by atoms with van der Waals surface area (Å²) in [4.78, 5) is 12.0. The van der Waals surface area contributed by atoms with E-state index in [-0.39, 0.29) is 18.1 Å². The van der Waals surface area contributed by atoms with E-state index in [2.05, 4.69) is 5.32 Å². The van der Waals surface area contributed by atoms with Gasteiger partial charge in [-0.15, -0.1) is 0 Å². The Morgan fingerprint density at radius 2 is 1.71 bits per heavy atom. The van der Waals surface area contributed by atoms with Crippen molar-refractivity contribution < 1.29 is 19.4 Å². The molecule has 0 aliphatic rings. The van der Waals surface area contributed by atoms with Crippen LogP contribution in [-0.2, 0) is 11.2 Å². The second-order valence-electron chi connectivity index (χ2n) is 4.46. The van der Waals surface area contributed by atoms with Crippen LogP contribution in [0, 0.1) is 0 Å². The fourth-order valence-corrected chi connectivity index (χ4v) is 1.93. The largest absolute Gasteiger partial charge is 0.508 e. The SMILES string of the molecule is COc1ccc(CC(=O)Nc2ccc(O)cc2)cc1OC. The third-order valence-corrected chi connectivity index (χ3v) is 2.96. The Bertz CT molecular complexity index is 623. The number of anilines is 1. The summed E-state index contributed by atoms with van der Waals surface area (Å²) in [7, 11) is 3.12. The summed E-state index contributed by atoms with van der Waals surface area (Å²) in [5.41, 5.74) is 1.46. The lowest BCUT2D eigenvalue weighted by Gasteiger charge is -2.10. The van der Waals surface area contributed by atoms with Crippen LogP contribution in [-0.4, -0.2) is 25.2 Å². The molecule has 0 spiro atoms. The van der Waals surface area contributed by atoms with Crippen molar-refractivity contribution in [3.63, 3.8) is 0 Å². The molecule has 0 aromatic heterocycles. The van der Waals surface area contributed by atoms with Crippen molar-refractivity contribution in [1.29, 1.82) is 0 Å². The molecule has 0 unspecified atom stereocenters. The maximum Gasteiger partial charge on any atom is 0.228 e. The Morgan fingerprint density at radius 1 is 1.05 bits per heavy atom. The molecule has 110 valence electrons. The van der Waals surface area contributed by atoms with Gasteiger partial charge in [-0.3, -0.25) is 4.79 Å². The second kappa shape index (κ2) is 6.65. The molecule has 5 heteroatoms. The highest BCUT2D eigenvalue weighted by molar-refractivity contribution is 5.92.